The zero-order chi connectivity index (χ0) is 19.3. The lowest BCUT2D eigenvalue weighted by molar-refractivity contribution is 0.443. The normalized spacial score (nSPS) is 19.6. The SMILES string of the molecule is CN=C(NCCS(=O)(=O)N1CCSCC1)NCC1(c2ccccc2F)CC1.I. The third kappa shape index (κ3) is 5.96. The van der Waals surface area contributed by atoms with Gasteiger partial charge in [0.15, 0.2) is 5.96 Å². The number of sulfonamides is 1. The lowest BCUT2D eigenvalue weighted by atomic mass is 9.95. The van der Waals surface area contributed by atoms with Crippen LogP contribution in [0.25, 0.3) is 0 Å². The van der Waals surface area contributed by atoms with Crippen LogP contribution in [-0.2, 0) is 15.4 Å². The van der Waals surface area contributed by atoms with Crippen LogP contribution in [0.15, 0.2) is 29.3 Å². The van der Waals surface area contributed by atoms with Gasteiger partial charge in [0.05, 0.1) is 5.75 Å². The number of aliphatic imine (C=N–C) groups is 1. The molecule has 0 aromatic heterocycles. The smallest absolute Gasteiger partial charge is 0.215 e. The molecule has 1 aromatic carbocycles. The lowest BCUT2D eigenvalue weighted by Gasteiger charge is -2.26. The summed E-state index contributed by atoms with van der Waals surface area (Å²) in [5.41, 5.74) is 0.541. The molecule has 28 heavy (non-hydrogen) atoms. The van der Waals surface area contributed by atoms with Crippen molar-refractivity contribution in [2.45, 2.75) is 18.3 Å². The monoisotopic (exact) mass is 542 g/mol. The number of halogens is 2. The summed E-state index contributed by atoms with van der Waals surface area (Å²) in [6.07, 6.45) is 1.86. The van der Waals surface area contributed by atoms with E-state index in [0.717, 1.165) is 29.9 Å². The summed E-state index contributed by atoms with van der Waals surface area (Å²) < 4.78 is 40.4. The molecular formula is C18H28FIN4O2S2. The molecule has 0 amide bonds. The zero-order valence-electron chi connectivity index (χ0n) is 16.0. The van der Waals surface area contributed by atoms with Crippen LogP contribution in [0.5, 0.6) is 0 Å². The van der Waals surface area contributed by atoms with Gasteiger partial charge in [-0.1, -0.05) is 18.2 Å². The molecule has 2 aliphatic rings. The third-order valence-electron chi connectivity index (χ3n) is 5.13. The minimum absolute atomic E-state index is 0. The van der Waals surface area contributed by atoms with Crippen LogP contribution < -0.4 is 10.6 Å². The van der Waals surface area contributed by atoms with Gasteiger partial charge < -0.3 is 10.6 Å². The highest BCUT2D eigenvalue weighted by Gasteiger charge is 2.45. The summed E-state index contributed by atoms with van der Waals surface area (Å²) in [5, 5.41) is 6.29. The van der Waals surface area contributed by atoms with Crippen LogP contribution in [-0.4, -0.2) is 69.2 Å². The van der Waals surface area contributed by atoms with Crippen molar-refractivity contribution in [1.82, 2.24) is 14.9 Å². The van der Waals surface area contributed by atoms with Crippen molar-refractivity contribution in [2.24, 2.45) is 4.99 Å². The van der Waals surface area contributed by atoms with Gasteiger partial charge in [0.25, 0.3) is 0 Å². The molecule has 0 atom stereocenters. The van der Waals surface area contributed by atoms with Gasteiger partial charge in [0.2, 0.25) is 10.0 Å². The Balaban J connectivity index is 0.00000280. The largest absolute Gasteiger partial charge is 0.356 e. The third-order valence-corrected chi connectivity index (χ3v) is 7.95. The maximum Gasteiger partial charge on any atom is 0.215 e. The molecule has 2 fully saturated rings. The Hall–Kier alpha value is -0.590. The molecule has 0 unspecified atom stereocenters. The molecule has 158 valence electrons. The standard InChI is InChI=1S/C18H27FN4O2S2.HI/c1-20-17(21-8-13-27(24,25)23-9-11-26-12-10-23)22-14-18(6-7-18)15-4-2-3-5-16(15)19;/h2-5H,6-14H2,1H3,(H2,20,21,22);1H. The van der Waals surface area contributed by atoms with E-state index in [0.29, 0.717) is 32.1 Å². The van der Waals surface area contributed by atoms with E-state index in [1.807, 2.05) is 12.1 Å². The second-order valence-corrected chi connectivity index (χ2v) is 10.3. The van der Waals surface area contributed by atoms with Gasteiger partial charge in [0.1, 0.15) is 5.82 Å². The van der Waals surface area contributed by atoms with E-state index < -0.39 is 10.0 Å². The van der Waals surface area contributed by atoms with Crippen LogP contribution in [0.4, 0.5) is 4.39 Å². The van der Waals surface area contributed by atoms with Crippen LogP contribution in [0, 0.1) is 5.82 Å². The van der Waals surface area contributed by atoms with Crippen molar-refractivity contribution in [3.05, 3.63) is 35.6 Å². The minimum atomic E-state index is -3.24. The first-order chi connectivity index (χ1) is 13.0. The van der Waals surface area contributed by atoms with Crippen LogP contribution in [0.3, 0.4) is 0 Å². The van der Waals surface area contributed by atoms with E-state index in [2.05, 4.69) is 15.6 Å². The number of nitrogens with zero attached hydrogens (tertiary/aromatic N) is 2. The van der Waals surface area contributed by atoms with Gasteiger partial charge in [0, 0.05) is 50.1 Å². The van der Waals surface area contributed by atoms with Crippen molar-refractivity contribution in [3.63, 3.8) is 0 Å². The van der Waals surface area contributed by atoms with E-state index in [1.54, 1.807) is 29.2 Å². The molecule has 6 nitrogen and oxygen atoms in total. The van der Waals surface area contributed by atoms with Crippen LogP contribution >= 0.6 is 35.7 Å². The summed E-state index contributed by atoms with van der Waals surface area (Å²) in [6.45, 7) is 2.04. The number of hydrogen-bond acceptors (Lipinski definition) is 4. The number of nitrogens with one attached hydrogen (secondary N) is 2. The first-order valence-electron chi connectivity index (χ1n) is 9.22. The molecule has 1 saturated heterocycles. The van der Waals surface area contributed by atoms with Gasteiger partial charge in [-0.3, -0.25) is 4.99 Å². The highest BCUT2D eigenvalue weighted by molar-refractivity contribution is 14.0. The highest BCUT2D eigenvalue weighted by Crippen LogP contribution is 2.48. The Kier molecular flexibility index (Phi) is 8.83. The van der Waals surface area contributed by atoms with Crippen LogP contribution in [0.1, 0.15) is 18.4 Å². The summed E-state index contributed by atoms with van der Waals surface area (Å²) in [6, 6.07) is 6.88. The molecule has 0 radical (unpaired) electrons. The summed E-state index contributed by atoms with van der Waals surface area (Å²) >= 11 is 1.78. The summed E-state index contributed by atoms with van der Waals surface area (Å²) in [4.78, 5) is 4.16. The lowest BCUT2D eigenvalue weighted by Crippen LogP contribution is -2.45. The van der Waals surface area contributed by atoms with Crippen molar-refractivity contribution >= 4 is 51.7 Å². The first-order valence-corrected chi connectivity index (χ1v) is 12.0. The molecule has 0 spiro atoms. The Labute approximate surface area is 188 Å². The fourth-order valence-electron chi connectivity index (χ4n) is 3.31. The first kappa shape index (κ1) is 23.7. The van der Waals surface area contributed by atoms with Gasteiger partial charge in [-0.05, 0) is 24.5 Å². The molecule has 1 aromatic rings. The topological polar surface area (TPSA) is 73.8 Å². The maximum absolute atomic E-state index is 14.1. The molecule has 0 bridgehead atoms. The molecular weight excluding hydrogens is 514 g/mol. The maximum atomic E-state index is 14.1. The minimum Gasteiger partial charge on any atom is -0.356 e. The predicted octanol–water partition coefficient (Wildman–Crippen LogP) is 2.02. The average Bonchev–Trinajstić information content (AvgIpc) is 3.46. The number of rotatable bonds is 7. The quantitative estimate of drug-likeness (QED) is 0.314. The second-order valence-electron chi connectivity index (χ2n) is 6.94. The second kappa shape index (κ2) is 10.4. The molecule has 1 saturated carbocycles. The summed E-state index contributed by atoms with van der Waals surface area (Å²) in [7, 11) is -1.59. The number of thioether (sulfide) groups is 1. The molecule has 10 heteroatoms. The van der Waals surface area contributed by atoms with E-state index >= 15 is 0 Å². The van der Waals surface area contributed by atoms with Crippen LogP contribution in [0.2, 0.25) is 0 Å². The molecule has 1 aliphatic carbocycles. The predicted molar refractivity (Wildman–Crippen MR) is 125 cm³/mol. The fourth-order valence-corrected chi connectivity index (χ4v) is 5.80. The van der Waals surface area contributed by atoms with E-state index in [4.69, 9.17) is 0 Å². The van der Waals surface area contributed by atoms with Crippen molar-refractivity contribution < 1.29 is 12.8 Å². The van der Waals surface area contributed by atoms with Crippen molar-refractivity contribution in [1.29, 1.82) is 0 Å². The molecule has 3 rings (SSSR count). The van der Waals surface area contributed by atoms with E-state index in [1.165, 1.54) is 6.07 Å². The van der Waals surface area contributed by atoms with Crippen molar-refractivity contribution in [2.75, 3.05) is 50.5 Å². The zero-order valence-corrected chi connectivity index (χ0v) is 20.0. The molecule has 2 N–H and O–H groups in total. The number of hydrogen-bond donors (Lipinski definition) is 2. The number of benzene rings is 1. The Morgan fingerprint density at radius 3 is 2.54 bits per heavy atom. The van der Waals surface area contributed by atoms with Gasteiger partial charge in [-0.15, -0.1) is 24.0 Å². The Morgan fingerprint density at radius 2 is 1.93 bits per heavy atom. The highest BCUT2D eigenvalue weighted by atomic mass is 127. The average molecular weight is 542 g/mol. The fraction of sp³-hybridized carbons (Fsp3) is 0.611. The van der Waals surface area contributed by atoms with E-state index in [-0.39, 0.29) is 41.0 Å². The Morgan fingerprint density at radius 1 is 1.25 bits per heavy atom. The van der Waals surface area contributed by atoms with Crippen molar-refractivity contribution in [3.8, 4) is 0 Å². The number of guanidine groups is 1. The van der Waals surface area contributed by atoms with Gasteiger partial charge in [-0.25, -0.2) is 17.1 Å². The molecule has 1 aliphatic heterocycles. The molecule has 1 heterocycles. The summed E-state index contributed by atoms with van der Waals surface area (Å²) in [5.74, 6) is 2.12. The van der Waals surface area contributed by atoms with Gasteiger partial charge >= 0.3 is 0 Å². The van der Waals surface area contributed by atoms with E-state index in [9.17, 15) is 12.8 Å². The van der Waals surface area contributed by atoms with Gasteiger partial charge in [-0.2, -0.15) is 11.8 Å². The Bertz CT molecular complexity index is 782.